The molecule has 0 fully saturated rings. The fourth-order valence-electron chi connectivity index (χ4n) is 3.34. The lowest BCUT2D eigenvalue weighted by Crippen LogP contribution is -2.38. The van der Waals surface area contributed by atoms with E-state index < -0.39 is 17.7 Å². The molecule has 0 aliphatic carbocycles. The van der Waals surface area contributed by atoms with Crippen LogP contribution in [0.15, 0.2) is 54.6 Å². The van der Waals surface area contributed by atoms with Gasteiger partial charge in [-0.05, 0) is 76.1 Å². The third-order valence-electron chi connectivity index (χ3n) is 5.04. The number of hydrogen-bond acceptors (Lipinski definition) is 4. The second-order valence-electron chi connectivity index (χ2n) is 9.15. The molecule has 6 heteroatoms. The SMILES string of the molecule is CC(C)(C)OC(=O)N(CCCc1ccc(OCCCCc2ccccc2)cc1)CCC(=O)O. The zero-order valence-electron chi connectivity index (χ0n) is 20.1. The fraction of sp³-hybridized carbons (Fsp3) is 0.481. The first-order chi connectivity index (χ1) is 15.7. The van der Waals surface area contributed by atoms with Gasteiger partial charge >= 0.3 is 12.1 Å². The van der Waals surface area contributed by atoms with E-state index in [-0.39, 0.29) is 13.0 Å². The van der Waals surface area contributed by atoms with E-state index in [0.717, 1.165) is 43.4 Å². The topological polar surface area (TPSA) is 76.1 Å². The molecule has 0 aliphatic rings. The monoisotopic (exact) mass is 455 g/mol. The van der Waals surface area contributed by atoms with Gasteiger partial charge in [0.2, 0.25) is 0 Å². The standard InChI is InChI=1S/C27H37NO5/c1-27(2,3)33-26(31)28(20-18-25(29)30)19-9-13-23-14-16-24(17-15-23)32-21-8-7-12-22-10-5-4-6-11-22/h4-6,10-11,14-17H,7-9,12-13,18-21H2,1-3H3,(H,29,30). The molecule has 2 aromatic rings. The van der Waals surface area contributed by atoms with Gasteiger partial charge < -0.3 is 19.5 Å². The zero-order valence-corrected chi connectivity index (χ0v) is 20.1. The van der Waals surface area contributed by atoms with Gasteiger partial charge in [0, 0.05) is 13.1 Å². The Bertz CT molecular complexity index is 843. The number of nitrogens with zero attached hydrogens (tertiary/aromatic N) is 1. The van der Waals surface area contributed by atoms with Crippen molar-refractivity contribution in [1.29, 1.82) is 0 Å². The Kier molecular flexibility index (Phi) is 10.7. The van der Waals surface area contributed by atoms with Gasteiger partial charge in [0.15, 0.2) is 0 Å². The van der Waals surface area contributed by atoms with Crippen LogP contribution in [-0.4, -0.2) is 47.4 Å². The molecular formula is C27H37NO5. The van der Waals surface area contributed by atoms with Crippen LogP contribution in [0.2, 0.25) is 0 Å². The molecule has 0 spiro atoms. The lowest BCUT2D eigenvalue weighted by molar-refractivity contribution is -0.137. The highest BCUT2D eigenvalue weighted by molar-refractivity contribution is 5.70. The summed E-state index contributed by atoms with van der Waals surface area (Å²) in [7, 11) is 0. The molecule has 6 nitrogen and oxygen atoms in total. The molecule has 2 aromatic carbocycles. The molecule has 0 saturated carbocycles. The van der Waals surface area contributed by atoms with Gasteiger partial charge in [-0.2, -0.15) is 0 Å². The smallest absolute Gasteiger partial charge is 0.410 e. The number of unbranched alkanes of at least 4 members (excludes halogenated alkanes) is 1. The van der Waals surface area contributed by atoms with E-state index in [0.29, 0.717) is 13.2 Å². The minimum absolute atomic E-state index is 0.101. The normalized spacial score (nSPS) is 11.1. The minimum Gasteiger partial charge on any atom is -0.494 e. The first-order valence-electron chi connectivity index (χ1n) is 11.7. The quantitative estimate of drug-likeness (QED) is 0.390. The maximum atomic E-state index is 12.4. The lowest BCUT2D eigenvalue weighted by atomic mass is 10.1. The predicted octanol–water partition coefficient (Wildman–Crippen LogP) is 5.73. The Morgan fingerprint density at radius 3 is 2.12 bits per heavy atom. The van der Waals surface area contributed by atoms with Crippen molar-refractivity contribution in [3.8, 4) is 5.75 Å². The van der Waals surface area contributed by atoms with Crippen LogP contribution in [0, 0.1) is 0 Å². The maximum absolute atomic E-state index is 12.4. The molecule has 0 bridgehead atoms. The number of aryl methyl sites for hydroxylation is 2. The Morgan fingerprint density at radius 1 is 0.848 bits per heavy atom. The Balaban J connectivity index is 1.71. The van der Waals surface area contributed by atoms with Crippen molar-refractivity contribution >= 4 is 12.1 Å². The molecule has 0 aromatic heterocycles. The molecule has 0 saturated heterocycles. The Morgan fingerprint density at radius 2 is 1.48 bits per heavy atom. The van der Waals surface area contributed by atoms with Crippen LogP contribution in [-0.2, 0) is 22.4 Å². The number of rotatable bonds is 13. The number of carboxylic acid groups (broad SMARTS) is 1. The van der Waals surface area contributed by atoms with Gasteiger partial charge in [0.1, 0.15) is 11.4 Å². The van der Waals surface area contributed by atoms with Crippen molar-refractivity contribution in [2.24, 2.45) is 0 Å². The van der Waals surface area contributed by atoms with Crippen molar-refractivity contribution < 1.29 is 24.2 Å². The van der Waals surface area contributed by atoms with E-state index in [9.17, 15) is 9.59 Å². The number of amides is 1. The first-order valence-corrected chi connectivity index (χ1v) is 11.7. The van der Waals surface area contributed by atoms with Crippen LogP contribution in [0.5, 0.6) is 5.75 Å². The molecule has 33 heavy (non-hydrogen) atoms. The molecule has 180 valence electrons. The van der Waals surface area contributed by atoms with Gasteiger partial charge in [-0.15, -0.1) is 0 Å². The largest absolute Gasteiger partial charge is 0.494 e. The van der Waals surface area contributed by atoms with Crippen LogP contribution in [0.25, 0.3) is 0 Å². The van der Waals surface area contributed by atoms with E-state index >= 15 is 0 Å². The highest BCUT2D eigenvalue weighted by atomic mass is 16.6. The first kappa shape index (κ1) is 26.2. The van der Waals surface area contributed by atoms with Crippen LogP contribution in [0.1, 0.15) is 57.6 Å². The van der Waals surface area contributed by atoms with Crippen LogP contribution >= 0.6 is 0 Å². The summed E-state index contributed by atoms with van der Waals surface area (Å²) in [5, 5.41) is 8.96. The number of carbonyl (C=O) groups excluding carboxylic acids is 1. The molecule has 0 aliphatic heterocycles. The summed E-state index contributed by atoms with van der Waals surface area (Å²) in [6.45, 7) is 6.68. The summed E-state index contributed by atoms with van der Waals surface area (Å²) in [6, 6.07) is 18.5. The second-order valence-corrected chi connectivity index (χ2v) is 9.15. The van der Waals surface area contributed by atoms with Gasteiger partial charge in [-0.3, -0.25) is 4.79 Å². The summed E-state index contributed by atoms with van der Waals surface area (Å²) in [6.07, 6.45) is 4.10. The van der Waals surface area contributed by atoms with Gasteiger partial charge in [0.05, 0.1) is 13.0 Å². The van der Waals surface area contributed by atoms with Crippen molar-refractivity contribution in [3.63, 3.8) is 0 Å². The number of benzene rings is 2. The number of ether oxygens (including phenoxy) is 2. The molecule has 0 radical (unpaired) electrons. The molecule has 1 N–H and O–H groups in total. The summed E-state index contributed by atoms with van der Waals surface area (Å²) < 4.78 is 11.3. The van der Waals surface area contributed by atoms with Crippen LogP contribution < -0.4 is 4.74 Å². The minimum atomic E-state index is -0.931. The highest BCUT2D eigenvalue weighted by Crippen LogP contribution is 2.16. The van der Waals surface area contributed by atoms with Gasteiger partial charge in [-0.1, -0.05) is 42.5 Å². The number of hydrogen-bond donors (Lipinski definition) is 1. The fourth-order valence-corrected chi connectivity index (χ4v) is 3.34. The van der Waals surface area contributed by atoms with Gasteiger partial charge in [-0.25, -0.2) is 4.79 Å². The van der Waals surface area contributed by atoms with Crippen molar-refractivity contribution in [2.45, 2.75) is 64.9 Å². The number of carboxylic acids is 1. The lowest BCUT2D eigenvalue weighted by Gasteiger charge is -2.27. The molecular weight excluding hydrogens is 418 g/mol. The molecule has 0 heterocycles. The zero-order chi connectivity index (χ0) is 24.1. The van der Waals surface area contributed by atoms with Crippen LogP contribution in [0.4, 0.5) is 4.79 Å². The third kappa shape index (κ3) is 11.4. The Labute approximate surface area is 197 Å². The summed E-state index contributed by atoms with van der Waals surface area (Å²) in [4.78, 5) is 24.8. The summed E-state index contributed by atoms with van der Waals surface area (Å²) in [5.41, 5.74) is 1.89. The predicted molar refractivity (Wildman–Crippen MR) is 130 cm³/mol. The highest BCUT2D eigenvalue weighted by Gasteiger charge is 2.22. The Hall–Kier alpha value is -3.02. The molecule has 0 unspecified atom stereocenters. The van der Waals surface area contributed by atoms with Crippen molar-refractivity contribution in [1.82, 2.24) is 4.90 Å². The van der Waals surface area contributed by atoms with Gasteiger partial charge in [0.25, 0.3) is 0 Å². The third-order valence-corrected chi connectivity index (χ3v) is 5.04. The average Bonchev–Trinajstić information content (AvgIpc) is 2.76. The summed E-state index contributed by atoms with van der Waals surface area (Å²) in [5.74, 6) is -0.0745. The van der Waals surface area contributed by atoms with E-state index in [2.05, 4.69) is 24.3 Å². The van der Waals surface area contributed by atoms with Crippen molar-refractivity contribution in [2.75, 3.05) is 19.7 Å². The number of aliphatic carboxylic acids is 1. The average molecular weight is 456 g/mol. The molecule has 1 amide bonds. The van der Waals surface area contributed by atoms with E-state index in [1.165, 1.54) is 10.5 Å². The molecule has 2 rings (SSSR count). The van der Waals surface area contributed by atoms with Crippen molar-refractivity contribution in [3.05, 3.63) is 65.7 Å². The number of carbonyl (C=O) groups is 2. The molecule has 0 atom stereocenters. The summed E-state index contributed by atoms with van der Waals surface area (Å²) >= 11 is 0. The van der Waals surface area contributed by atoms with E-state index in [1.54, 1.807) is 20.8 Å². The van der Waals surface area contributed by atoms with E-state index in [1.807, 2.05) is 30.3 Å². The van der Waals surface area contributed by atoms with E-state index in [4.69, 9.17) is 14.6 Å². The van der Waals surface area contributed by atoms with Crippen LogP contribution in [0.3, 0.4) is 0 Å². The maximum Gasteiger partial charge on any atom is 0.410 e. The second kappa shape index (κ2) is 13.5.